The van der Waals surface area contributed by atoms with Crippen LogP contribution in [-0.2, 0) is 10.0 Å². The highest BCUT2D eigenvalue weighted by atomic mass is 35.5. The van der Waals surface area contributed by atoms with E-state index in [9.17, 15) is 17.6 Å². The number of anilines is 2. The molecule has 0 fully saturated rings. The van der Waals surface area contributed by atoms with E-state index in [4.69, 9.17) is 16.3 Å². The molecule has 0 heterocycles. The monoisotopic (exact) mass is 448 g/mol. The zero-order chi connectivity index (χ0) is 21.7. The van der Waals surface area contributed by atoms with Gasteiger partial charge in [-0.3, -0.25) is 9.52 Å². The summed E-state index contributed by atoms with van der Waals surface area (Å²) in [6, 6.07) is 15.4. The van der Waals surface area contributed by atoms with Gasteiger partial charge in [0.1, 0.15) is 11.6 Å². The van der Waals surface area contributed by atoms with Crippen LogP contribution in [0.3, 0.4) is 0 Å². The van der Waals surface area contributed by atoms with Gasteiger partial charge in [-0.1, -0.05) is 17.7 Å². The first kappa shape index (κ1) is 21.6. The minimum absolute atomic E-state index is 0.0793. The lowest BCUT2D eigenvalue weighted by atomic mass is 10.2. The molecule has 6 nitrogen and oxygen atoms in total. The quantitative estimate of drug-likeness (QED) is 0.536. The van der Waals surface area contributed by atoms with Gasteiger partial charge in [0.15, 0.2) is 0 Å². The number of rotatable bonds is 7. The average molecular weight is 449 g/mol. The van der Waals surface area contributed by atoms with Gasteiger partial charge in [-0.2, -0.15) is 0 Å². The van der Waals surface area contributed by atoms with Crippen LogP contribution >= 0.6 is 11.6 Å². The van der Waals surface area contributed by atoms with Crippen molar-refractivity contribution in [2.24, 2.45) is 0 Å². The standard InChI is InChI=1S/C21H18ClFN2O4S/c1-2-29-20-11-10-18(30(27,28)25-17-5-3-4-16(23)12-17)13-19(20)24-21(26)14-6-8-15(22)9-7-14/h3-13,25H,2H2,1H3,(H,24,26). The largest absolute Gasteiger partial charge is 0.492 e. The molecule has 0 atom stereocenters. The van der Waals surface area contributed by atoms with Crippen molar-refractivity contribution in [2.45, 2.75) is 11.8 Å². The molecule has 0 aliphatic carbocycles. The first-order chi connectivity index (χ1) is 14.3. The fourth-order valence-corrected chi connectivity index (χ4v) is 3.82. The van der Waals surface area contributed by atoms with Crippen molar-refractivity contribution >= 4 is 38.9 Å². The third-order valence-corrected chi connectivity index (χ3v) is 5.62. The summed E-state index contributed by atoms with van der Waals surface area (Å²) in [5.74, 6) is -0.720. The predicted molar refractivity (Wildman–Crippen MR) is 114 cm³/mol. The SMILES string of the molecule is CCOc1ccc(S(=O)(=O)Nc2cccc(F)c2)cc1NC(=O)c1ccc(Cl)cc1. The number of carbonyl (C=O) groups is 1. The first-order valence-corrected chi connectivity index (χ1v) is 10.8. The van der Waals surface area contributed by atoms with Crippen LogP contribution in [0.1, 0.15) is 17.3 Å². The van der Waals surface area contributed by atoms with E-state index in [-0.39, 0.29) is 16.3 Å². The van der Waals surface area contributed by atoms with Crippen LogP contribution < -0.4 is 14.8 Å². The van der Waals surface area contributed by atoms with Crippen molar-refractivity contribution in [1.29, 1.82) is 0 Å². The van der Waals surface area contributed by atoms with E-state index in [1.165, 1.54) is 36.4 Å². The molecule has 0 saturated carbocycles. The number of hydrogen-bond donors (Lipinski definition) is 2. The van der Waals surface area contributed by atoms with Crippen LogP contribution in [0.15, 0.2) is 71.6 Å². The Labute approximate surface area is 178 Å². The minimum atomic E-state index is -4.03. The Hall–Kier alpha value is -3.10. The lowest BCUT2D eigenvalue weighted by Crippen LogP contribution is -2.16. The maximum atomic E-state index is 13.4. The molecule has 3 aromatic rings. The van der Waals surface area contributed by atoms with Gasteiger partial charge in [0.2, 0.25) is 0 Å². The molecular weight excluding hydrogens is 431 g/mol. The van der Waals surface area contributed by atoms with E-state index < -0.39 is 21.7 Å². The zero-order valence-electron chi connectivity index (χ0n) is 15.9. The molecule has 0 bridgehead atoms. The van der Waals surface area contributed by atoms with E-state index in [1.54, 1.807) is 31.2 Å². The number of ether oxygens (including phenoxy) is 1. The Morgan fingerprint density at radius 2 is 1.80 bits per heavy atom. The summed E-state index contributed by atoms with van der Waals surface area (Å²) in [4.78, 5) is 12.4. The summed E-state index contributed by atoms with van der Waals surface area (Å²) >= 11 is 5.84. The number of carbonyl (C=O) groups excluding carboxylic acids is 1. The van der Waals surface area contributed by atoms with E-state index >= 15 is 0 Å². The van der Waals surface area contributed by atoms with Crippen LogP contribution in [0.25, 0.3) is 0 Å². The summed E-state index contributed by atoms with van der Waals surface area (Å²) in [6.45, 7) is 2.08. The summed E-state index contributed by atoms with van der Waals surface area (Å²) in [5.41, 5.74) is 0.600. The average Bonchev–Trinajstić information content (AvgIpc) is 2.69. The number of amides is 1. The summed E-state index contributed by atoms with van der Waals surface area (Å²) in [7, 11) is -4.03. The van der Waals surface area contributed by atoms with Crippen molar-refractivity contribution in [3.63, 3.8) is 0 Å². The summed E-state index contributed by atoms with van der Waals surface area (Å²) in [6.07, 6.45) is 0. The van der Waals surface area contributed by atoms with Gasteiger partial charge < -0.3 is 10.1 Å². The van der Waals surface area contributed by atoms with E-state index in [2.05, 4.69) is 10.0 Å². The molecule has 3 aromatic carbocycles. The fraction of sp³-hybridized carbons (Fsp3) is 0.0952. The number of nitrogens with one attached hydrogen (secondary N) is 2. The molecule has 0 spiro atoms. The summed E-state index contributed by atoms with van der Waals surface area (Å²) in [5, 5.41) is 3.14. The minimum Gasteiger partial charge on any atom is -0.492 e. The fourth-order valence-electron chi connectivity index (χ4n) is 2.62. The van der Waals surface area contributed by atoms with Crippen LogP contribution in [0.2, 0.25) is 5.02 Å². The van der Waals surface area contributed by atoms with Gasteiger partial charge in [-0.25, -0.2) is 12.8 Å². The van der Waals surface area contributed by atoms with Crippen molar-refractivity contribution in [3.05, 3.63) is 83.1 Å². The third kappa shape index (κ3) is 5.28. The maximum absolute atomic E-state index is 13.4. The van der Waals surface area contributed by atoms with E-state index in [0.29, 0.717) is 22.9 Å². The Bertz CT molecular complexity index is 1170. The highest BCUT2D eigenvalue weighted by molar-refractivity contribution is 7.92. The topological polar surface area (TPSA) is 84.5 Å². The molecule has 30 heavy (non-hydrogen) atoms. The lowest BCUT2D eigenvalue weighted by Gasteiger charge is -2.14. The Morgan fingerprint density at radius 3 is 2.47 bits per heavy atom. The summed E-state index contributed by atoms with van der Waals surface area (Å²) < 4.78 is 46.6. The number of hydrogen-bond acceptors (Lipinski definition) is 4. The molecule has 156 valence electrons. The maximum Gasteiger partial charge on any atom is 0.261 e. The highest BCUT2D eigenvalue weighted by Crippen LogP contribution is 2.29. The second kappa shape index (κ2) is 9.15. The lowest BCUT2D eigenvalue weighted by molar-refractivity contribution is 0.102. The highest BCUT2D eigenvalue weighted by Gasteiger charge is 2.19. The Morgan fingerprint density at radius 1 is 1.07 bits per heavy atom. The number of sulfonamides is 1. The number of benzene rings is 3. The molecule has 0 aromatic heterocycles. The van der Waals surface area contributed by atoms with Crippen molar-refractivity contribution in [2.75, 3.05) is 16.6 Å². The zero-order valence-corrected chi connectivity index (χ0v) is 17.4. The van der Waals surface area contributed by atoms with Gasteiger partial charge in [0, 0.05) is 10.6 Å². The Kier molecular flexibility index (Phi) is 6.59. The van der Waals surface area contributed by atoms with Crippen molar-refractivity contribution in [1.82, 2.24) is 0 Å². The predicted octanol–water partition coefficient (Wildman–Crippen LogP) is 4.93. The molecule has 0 unspecified atom stereocenters. The van der Waals surface area contributed by atoms with Crippen molar-refractivity contribution in [3.8, 4) is 5.75 Å². The molecule has 2 N–H and O–H groups in total. The first-order valence-electron chi connectivity index (χ1n) is 8.90. The normalized spacial score (nSPS) is 11.0. The van der Waals surface area contributed by atoms with E-state index in [0.717, 1.165) is 6.07 Å². The van der Waals surface area contributed by atoms with Gasteiger partial charge in [0.05, 0.1) is 22.9 Å². The van der Waals surface area contributed by atoms with Crippen molar-refractivity contribution < 1.29 is 22.3 Å². The van der Waals surface area contributed by atoms with Crippen LogP contribution in [-0.4, -0.2) is 20.9 Å². The molecule has 0 radical (unpaired) electrons. The molecular formula is C21H18ClFN2O4S. The smallest absolute Gasteiger partial charge is 0.261 e. The molecule has 0 aliphatic rings. The second-order valence-corrected chi connectivity index (χ2v) is 8.29. The van der Waals surface area contributed by atoms with Crippen LogP contribution in [0.4, 0.5) is 15.8 Å². The van der Waals surface area contributed by atoms with Gasteiger partial charge in [0.25, 0.3) is 15.9 Å². The van der Waals surface area contributed by atoms with Crippen LogP contribution in [0.5, 0.6) is 5.75 Å². The Balaban J connectivity index is 1.91. The van der Waals surface area contributed by atoms with Gasteiger partial charge in [-0.05, 0) is 67.6 Å². The molecule has 0 aliphatic heterocycles. The second-order valence-electron chi connectivity index (χ2n) is 6.17. The third-order valence-electron chi connectivity index (χ3n) is 3.99. The molecule has 0 saturated heterocycles. The molecule has 3 rings (SSSR count). The van der Waals surface area contributed by atoms with Gasteiger partial charge >= 0.3 is 0 Å². The molecule has 1 amide bonds. The van der Waals surface area contributed by atoms with E-state index in [1.807, 2.05) is 0 Å². The van der Waals surface area contributed by atoms with Crippen LogP contribution in [0, 0.1) is 5.82 Å². The molecule has 9 heteroatoms. The van der Waals surface area contributed by atoms with Gasteiger partial charge in [-0.15, -0.1) is 0 Å². The number of halogens is 2.